The first-order valence-corrected chi connectivity index (χ1v) is 14.4. The van der Waals surface area contributed by atoms with E-state index < -0.39 is 17.5 Å². The van der Waals surface area contributed by atoms with Crippen molar-refractivity contribution in [1.29, 1.82) is 5.26 Å². The number of ether oxygens (including phenoxy) is 1. The number of nitrogens with zero attached hydrogens (tertiary/aromatic N) is 1. The van der Waals surface area contributed by atoms with E-state index in [9.17, 15) is 23.6 Å². The number of nitriles is 1. The molecule has 212 valence electrons. The van der Waals surface area contributed by atoms with Crippen LogP contribution in [-0.2, 0) is 14.3 Å². The SMILES string of the molecule is CC(=O)O[C@H]1CC[C@@]2(C)C(=CC[C@@H]3[C@@H]2CC[C@]2(C)C(C(/C=C/c4ccc(F)c(F)c4)=C(\C#N)C(N)=O)CC[C@@H]32)C1. The number of esters is 1. The topological polar surface area (TPSA) is 93.2 Å². The van der Waals surface area contributed by atoms with E-state index in [-0.39, 0.29) is 34.4 Å². The summed E-state index contributed by atoms with van der Waals surface area (Å²) in [5.41, 5.74) is 8.06. The molecule has 1 unspecified atom stereocenters. The van der Waals surface area contributed by atoms with Crippen LogP contribution < -0.4 is 5.73 Å². The van der Waals surface area contributed by atoms with E-state index in [4.69, 9.17) is 10.5 Å². The van der Waals surface area contributed by atoms with Crippen LogP contribution in [0.25, 0.3) is 6.08 Å². The highest BCUT2D eigenvalue weighted by Crippen LogP contribution is 2.67. The number of halogens is 2. The molecule has 5 nitrogen and oxygen atoms in total. The summed E-state index contributed by atoms with van der Waals surface area (Å²) in [6.07, 6.45) is 13.3. The lowest BCUT2D eigenvalue weighted by atomic mass is 9.47. The third-order valence-electron chi connectivity index (χ3n) is 10.8. The van der Waals surface area contributed by atoms with Gasteiger partial charge in [-0.15, -0.1) is 0 Å². The van der Waals surface area contributed by atoms with Crippen molar-refractivity contribution in [1.82, 2.24) is 0 Å². The average Bonchev–Trinajstić information content (AvgIpc) is 3.25. The molecule has 1 amide bonds. The van der Waals surface area contributed by atoms with Gasteiger partial charge in [0.2, 0.25) is 0 Å². The third kappa shape index (κ3) is 4.80. The van der Waals surface area contributed by atoms with E-state index in [0.29, 0.717) is 28.9 Å². The summed E-state index contributed by atoms with van der Waals surface area (Å²) >= 11 is 0. The molecule has 7 heteroatoms. The molecule has 4 aliphatic carbocycles. The zero-order chi connectivity index (χ0) is 28.8. The van der Waals surface area contributed by atoms with E-state index >= 15 is 0 Å². The van der Waals surface area contributed by atoms with Gasteiger partial charge in [0.05, 0.1) is 0 Å². The molecule has 7 atom stereocenters. The number of carbonyl (C=O) groups is 2. The van der Waals surface area contributed by atoms with Gasteiger partial charge in [-0.2, -0.15) is 5.26 Å². The van der Waals surface area contributed by atoms with E-state index in [0.717, 1.165) is 63.5 Å². The summed E-state index contributed by atoms with van der Waals surface area (Å²) in [6.45, 7) is 6.17. The quantitative estimate of drug-likeness (QED) is 0.144. The Morgan fingerprint density at radius 2 is 1.88 bits per heavy atom. The first-order chi connectivity index (χ1) is 19.0. The second-order valence-electron chi connectivity index (χ2n) is 12.7. The molecule has 1 aromatic rings. The lowest BCUT2D eigenvalue weighted by molar-refractivity contribution is -0.148. The van der Waals surface area contributed by atoms with Gasteiger partial charge in [0.25, 0.3) is 5.91 Å². The van der Waals surface area contributed by atoms with Gasteiger partial charge in [-0.25, -0.2) is 8.78 Å². The first kappa shape index (κ1) is 28.3. The number of hydrogen-bond donors (Lipinski definition) is 1. The molecular formula is C33H38F2N2O3. The molecule has 0 aliphatic heterocycles. The molecule has 0 radical (unpaired) electrons. The Labute approximate surface area is 235 Å². The van der Waals surface area contributed by atoms with Gasteiger partial charge >= 0.3 is 5.97 Å². The summed E-state index contributed by atoms with van der Waals surface area (Å²) in [4.78, 5) is 23.9. The Morgan fingerprint density at radius 1 is 1.10 bits per heavy atom. The van der Waals surface area contributed by atoms with Crippen LogP contribution in [0.1, 0.15) is 77.7 Å². The van der Waals surface area contributed by atoms with Crippen molar-refractivity contribution in [2.75, 3.05) is 0 Å². The van der Waals surface area contributed by atoms with Gasteiger partial charge in [0, 0.05) is 13.3 Å². The van der Waals surface area contributed by atoms with E-state index in [2.05, 4.69) is 19.9 Å². The third-order valence-corrected chi connectivity index (χ3v) is 10.8. The summed E-state index contributed by atoms with van der Waals surface area (Å²) in [5.74, 6) is -1.44. The van der Waals surface area contributed by atoms with Crippen molar-refractivity contribution in [3.8, 4) is 6.07 Å². The largest absolute Gasteiger partial charge is 0.462 e. The van der Waals surface area contributed by atoms with Crippen LogP contribution >= 0.6 is 0 Å². The Morgan fingerprint density at radius 3 is 2.55 bits per heavy atom. The van der Waals surface area contributed by atoms with E-state index in [1.54, 1.807) is 12.2 Å². The summed E-state index contributed by atoms with van der Waals surface area (Å²) in [5, 5.41) is 9.92. The van der Waals surface area contributed by atoms with Crippen molar-refractivity contribution < 1.29 is 23.1 Å². The molecule has 4 aliphatic rings. The molecule has 0 bridgehead atoms. The number of fused-ring (bicyclic) bond motifs is 5. The molecule has 3 fully saturated rings. The predicted octanol–water partition coefficient (Wildman–Crippen LogP) is 6.79. The molecule has 0 saturated heterocycles. The number of carbonyl (C=O) groups excluding carboxylic acids is 2. The van der Waals surface area contributed by atoms with Crippen LogP contribution in [0.3, 0.4) is 0 Å². The zero-order valence-corrected chi connectivity index (χ0v) is 23.5. The summed E-state index contributed by atoms with van der Waals surface area (Å²) in [7, 11) is 0. The van der Waals surface area contributed by atoms with Gasteiger partial charge < -0.3 is 10.5 Å². The number of primary amides is 1. The van der Waals surface area contributed by atoms with Gasteiger partial charge in [-0.3, -0.25) is 9.59 Å². The molecule has 40 heavy (non-hydrogen) atoms. The summed E-state index contributed by atoms with van der Waals surface area (Å²) in [6, 6.07) is 5.68. The number of hydrogen-bond acceptors (Lipinski definition) is 4. The zero-order valence-electron chi connectivity index (χ0n) is 23.5. The fourth-order valence-electron chi connectivity index (χ4n) is 8.91. The lowest BCUT2D eigenvalue weighted by Gasteiger charge is -2.58. The maximum absolute atomic E-state index is 13.9. The lowest BCUT2D eigenvalue weighted by Crippen LogP contribution is -2.50. The minimum absolute atomic E-state index is 0.0367. The number of rotatable bonds is 5. The Balaban J connectivity index is 1.45. The van der Waals surface area contributed by atoms with Gasteiger partial charge in [-0.1, -0.05) is 43.7 Å². The number of nitrogens with two attached hydrogens (primary N) is 1. The second kappa shape index (κ2) is 10.6. The Bertz CT molecular complexity index is 1360. The normalized spacial score (nSPS) is 35.5. The number of allylic oxidation sites excluding steroid dienone is 3. The molecule has 2 N–H and O–H groups in total. The highest BCUT2D eigenvalue weighted by molar-refractivity contribution is 5.97. The fourth-order valence-corrected chi connectivity index (χ4v) is 8.91. The number of benzene rings is 1. The molecule has 0 spiro atoms. The van der Waals surface area contributed by atoms with Crippen molar-refractivity contribution >= 4 is 18.0 Å². The Hall–Kier alpha value is -3.27. The molecule has 1 aromatic carbocycles. The molecule has 3 saturated carbocycles. The highest BCUT2D eigenvalue weighted by atomic mass is 19.2. The predicted molar refractivity (Wildman–Crippen MR) is 148 cm³/mol. The van der Waals surface area contributed by atoms with Crippen molar-refractivity contribution in [3.63, 3.8) is 0 Å². The van der Waals surface area contributed by atoms with Crippen LogP contribution in [-0.4, -0.2) is 18.0 Å². The molecule has 5 rings (SSSR count). The van der Waals surface area contributed by atoms with Gasteiger partial charge in [-0.05, 0) is 103 Å². The van der Waals surface area contributed by atoms with Crippen LogP contribution in [0.15, 0.2) is 47.1 Å². The minimum atomic E-state index is -0.950. The van der Waals surface area contributed by atoms with Crippen molar-refractivity contribution in [2.45, 2.75) is 78.2 Å². The van der Waals surface area contributed by atoms with Crippen LogP contribution in [0, 0.1) is 57.5 Å². The first-order valence-electron chi connectivity index (χ1n) is 14.4. The molecular weight excluding hydrogens is 510 g/mol. The van der Waals surface area contributed by atoms with Crippen LogP contribution in [0.2, 0.25) is 0 Å². The van der Waals surface area contributed by atoms with Crippen LogP contribution in [0.4, 0.5) is 8.78 Å². The fraction of sp³-hybridized carbons (Fsp3) is 0.545. The standard InChI is InChI=1S/C33H38F2N2O3/c1-19(38)40-22-12-14-32(2)21(17-22)6-8-24-27-10-9-26(33(27,3)15-13-28(24)32)23(25(18-36)31(37)39)7-4-20-5-11-29(34)30(35)16-20/h4-7,11,16,22,24,26-28H,8-10,12-15,17H2,1-3H3,(H2,37,39)/b7-4+,25-23+/t22-,24-,26?,27-,28-,32-,33+/m0/s1. The highest BCUT2D eigenvalue weighted by Gasteiger charge is 2.59. The van der Waals surface area contributed by atoms with Crippen LogP contribution in [0.5, 0.6) is 0 Å². The maximum Gasteiger partial charge on any atom is 0.302 e. The number of amides is 1. The van der Waals surface area contributed by atoms with E-state index in [1.165, 1.54) is 18.6 Å². The average molecular weight is 549 g/mol. The monoisotopic (exact) mass is 548 g/mol. The van der Waals surface area contributed by atoms with E-state index in [1.807, 2.05) is 6.07 Å². The van der Waals surface area contributed by atoms with Crippen molar-refractivity contribution in [2.24, 2.45) is 40.2 Å². The van der Waals surface area contributed by atoms with Crippen molar-refractivity contribution in [3.05, 3.63) is 64.3 Å². The second-order valence-corrected chi connectivity index (χ2v) is 12.7. The summed E-state index contributed by atoms with van der Waals surface area (Å²) < 4.78 is 32.9. The maximum atomic E-state index is 13.9. The van der Waals surface area contributed by atoms with Gasteiger partial charge in [0.1, 0.15) is 17.7 Å². The van der Waals surface area contributed by atoms with Gasteiger partial charge in [0.15, 0.2) is 11.6 Å². The molecule has 0 aromatic heterocycles. The minimum Gasteiger partial charge on any atom is -0.462 e. The smallest absolute Gasteiger partial charge is 0.302 e. The molecule has 0 heterocycles. The Kier molecular flexibility index (Phi) is 7.50.